The Kier molecular flexibility index (Phi) is 5.09. The molecule has 3 N–H and O–H groups in total. The third-order valence-corrected chi connectivity index (χ3v) is 3.67. The highest BCUT2D eigenvalue weighted by molar-refractivity contribution is 9.10. The van der Waals surface area contributed by atoms with Crippen molar-refractivity contribution in [3.05, 3.63) is 51.5 Å². The van der Waals surface area contributed by atoms with Gasteiger partial charge in [-0.15, -0.1) is 0 Å². The molecule has 2 aromatic carbocycles. The lowest BCUT2D eigenvalue weighted by Gasteiger charge is -2.11. The lowest BCUT2D eigenvalue weighted by atomic mass is 10.2. The number of carbonyl (C=O) groups is 1. The highest BCUT2D eigenvalue weighted by atomic mass is 79.9. The number of rotatable bonds is 4. The van der Waals surface area contributed by atoms with E-state index in [-0.39, 0.29) is 12.5 Å². The number of ether oxygens (including phenoxy) is 1. The van der Waals surface area contributed by atoms with Crippen LogP contribution in [0.3, 0.4) is 0 Å². The summed E-state index contributed by atoms with van der Waals surface area (Å²) in [6.45, 7) is 1.79. The molecule has 0 atom stereocenters. The summed E-state index contributed by atoms with van der Waals surface area (Å²) in [5.41, 5.74) is 7.82. The molecule has 0 radical (unpaired) electrons. The molecule has 0 spiro atoms. The van der Waals surface area contributed by atoms with Crippen molar-refractivity contribution in [1.82, 2.24) is 0 Å². The first-order valence-corrected chi connectivity index (χ1v) is 7.36. The van der Waals surface area contributed by atoms with Gasteiger partial charge in [0.25, 0.3) is 5.91 Å². The summed E-state index contributed by atoms with van der Waals surface area (Å²) in [5, 5.41) is 3.31. The topological polar surface area (TPSA) is 64.3 Å². The zero-order valence-corrected chi connectivity index (χ0v) is 13.7. The molecule has 0 aliphatic heterocycles. The van der Waals surface area contributed by atoms with E-state index in [0.29, 0.717) is 22.1 Å². The van der Waals surface area contributed by atoms with Crippen LogP contribution in [0.1, 0.15) is 5.56 Å². The minimum Gasteiger partial charge on any atom is -0.483 e. The van der Waals surface area contributed by atoms with Crippen LogP contribution in [0.2, 0.25) is 5.02 Å². The first-order valence-electron chi connectivity index (χ1n) is 6.19. The second kappa shape index (κ2) is 6.83. The van der Waals surface area contributed by atoms with Crippen LogP contribution in [0.4, 0.5) is 11.4 Å². The van der Waals surface area contributed by atoms with Crippen LogP contribution in [0.5, 0.6) is 5.75 Å². The Morgan fingerprint density at radius 1 is 1.33 bits per heavy atom. The van der Waals surface area contributed by atoms with Gasteiger partial charge in [0.1, 0.15) is 5.75 Å². The van der Waals surface area contributed by atoms with Crippen molar-refractivity contribution in [3.8, 4) is 5.75 Å². The number of carbonyl (C=O) groups excluding carboxylic acids is 1. The Labute approximate surface area is 136 Å². The van der Waals surface area contributed by atoms with E-state index < -0.39 is 0 Å². The smallest absolute Gasteiger partial charge is 0.262 e. The SMILES string of the molecule is Cc1ccc(Cl)cc1OCC(=O)Nc1ccc(N)cc1Br. The average molecular weight is 370 g/mol. The number of amides is 1. The van der Waals surface area contributed by atoms with Gasteiger partial charge in [-0.1, -0.05) is 17.7 Å². The molecule has 110 valence electrons. The highest BCUT2D eigenvalue weighted by Gasteiger charge is 2.08. The Balaban J connectivity index is 1.97. The second-order valence-corrected chi connectivity index (χ2v) is 5.78. The van der Waals surface area contributed by atoms with E-state index in [0.717, 1.165) is 10.0 Å². The Morgan fingerprint density at radius 3 is 2.81 bits per heavy atom. The first-order chi connectivity index (χ1) is 9.95. The Bertz CT molecular complexity index is 677. The van der Waals surface area contributed by atoms with E-state index in [4.69, 9.17) is 22.1 Å². The van der Waals surface area contributed by atoms with E-state index in [1.54, 1.807) is 30.3 Å². The van der Waals surface area contributed by atoms with E-state index in [1.807, 2.05) is 13.0 Å². The first kappa shape index (κ1) is 15.7. The van der Waals surface area contributed by atoms with Gasteiger partial charge >= 0.3 is 0 Å². The van der Waals surface area contributed by atoms with Crippen LogP contribution in [0.25, 0.3) is 0 Å². The molecular weight excluding hydrogens is 356 g/mol. The number of benzene rings is 2. The van der Waals surface area contributed by atoms with Gasteiger partial charge in [0.05, 0.1) is 5.69 Å². The molecule has 2 aromatic rings. The molecule has 0 aromatic heterocycles. The maximum atomic E-state index is 11.9. The predicted molar refractivity (Wildman–Crippen MR) is 88.9 cm³/mol. The third kappa shape index (κ3) is 4.37. The lowest BCUT2D eigenvalue weighted by Crippen LogP contribution is -2.20. The van der Waals surface area contributed by atoms with Crippen LogP contribution >= 0.6 is 27.5 Å². The Morgan fingerprint density at radius 2 is 2.10 bits per heavy atom. The molecule has 0 unspecified atom stereocenters. The van der Waals surface area contributed by atoms with Crippen LogP contribution in [-0.4, -0.2) is 12.5 Å². The number of anilines is 2. The summed E-state index contributed by atoms with van der Waals surface area (Å²) in [6, 6.07) is 10.5. The van der Waals surface area contributed by atoms with Crippen molar-refractivity contribution < 1.29 is 9.53 Å². The molecule has 0 saturated heterocycles. The van der Waals surface area contributed by atoms with Gasteiger partial charge < -0.3 is 15.8 Å². The van der Waals surface area contributed by atoms with Gasteiger partial charge in [-0.3, -0.25) is 4.79 Å². The van der Waals surface area contributed by atoms with Crippen LogP contribution < -0.4 is 15.8 Å². The predicted octanol–water partition coefficient (Wildman–Crippen LogP) is 4.01. The summed E-state index contributed by atoms with van der Waals surface area (Å²) < 4.78 is 6.20. The van der Waals surface area contributed by atoms with Gasteiger partial charge in [0.15, 0.2) is 6.61 Å². The number of halogens is 2. The fourth-order valence-corrected chi connectivity index (χ4v) is 2.35. The van der Waals surface area contributed by atoms with Gasteiger partial charge in [0.2, 0.25) is 0 Å². The monoisotopic (exact) mass is 368 g/mol. The summed E-state index contributed by atoms with van der Waals surface area (Å²) in [7, 11) is 0. The lowest BCUT2D eigenvalue weighted by molar-refractivity contribution is -0.118. The van der Waals surface area contributed by atoms with Gasteiger partial charge in [-0.2, -0.15) is 0 Å². The third-order valence-electron chi connectivity index (χ3n) is 2.78. The highest BCUT2D eigenvalue weighted by Crippen LogP contribution is 2.25. The van der Waals surface area contributed by atoms with E-state index in [1.165, 1.54) is 0 Å². The van der Waals surface area contributed by atoms with Crippen molar-refractivity contribution in [2.75, 3.05) is 17.7 Å². The number of hydrogen-bond donors (Lipinski definition) is 2. The zero-order chi connectivity index (χ0) is 15.4. The molecule has 2 rings (SSSR count). The molecule has 1 amide bonds. The van der Waals surface area contributed by atoms with Gasteiger partial charge in [0, 0.05) is 15.2 Å². The van der Waals surface area contributed by atoms with Crippen molar-refractivity contribution >= 4 is 44.8 Å². The fraction of sp³-hybridized carbons (Fsp3) is 0.133. The molecule has 6 heteroatoms. The number of nitrogen functional groups attached to an aromatic ring is 1. The quantitative estimate of drug-likeness (QED) is 0.800. The molecule has 0 fully saturated rings. The van der Waals surface area contributed by atoms with Crippen molar-refractivity contribution in [1.29, 1.82) is 0 Å². The number of hydrogen-bond acceptors (Lipinski definition) is 3. The summed E-state index contributed by atoms with van der Waals surface area (Å²) >= 11 is 9.24. The molecule has 0 aliphatic carbocycles. The van der Waals surface area contributed by atoms with Gasteiger partial charge in [-0.05, 0) is 58.7 Å². The molecule has 4 nitrogen and oxygen atoms in total. The summed E-state index contributed by atoms with van der Waals surface area (Å²) in [4.78, 5) is 11.9. The maximum absolute atomic E-state index is 11.9. The second-order valence-electron chi connectivity index (χ2n) is 4.49. The zero-order valence-electron chi connectivity index (χ0n) is 11.3. The minimum atomic E-state index is -0.264. The number of aryl methyl sites for hydroxylation is 1. The van der Waals surface area contributed by atoms with Crippen molar-refractivity contribution in [3.63, 3.8) is 0 Å². The molecule has 0 bridgehead atoms. The normalized spacial score (nSPS) is 10.2. The number of nitrogens with two attached hydrogens (primary N) is 1. The largest absolute Gasteiger partial charge is 0.483 e. The fourth-order valence-electron chi connectivity index (χ4n) is 1.69. The van der Waals surface area contributed by atoms with Crippen LogP contribution in [0.15, 0.2) is 40.9 Å². The molecule has 0 aliphatic rings. The molecule has 0 heterocycles. The average Bonchev–Trinajstić information content (AvgIpc) is 2.43. The maximum Gasteiger partial charge on any atom is 0.262 e. The van der Waals surface area contributed by atoms with E-state index in [9.17, 15) is 4.79 Å². The van der Waals surface area contributed by atoms with Crippen molar-refractivity contribution in [2.45, 2.75) is 6.92 Å². The van der Waals surface area contributed by atoms with Crippen LogP contribution in [-0.2, 0) is 4.79 Å². The van der Waals surface area contributed by atoms with E-state index >= 15 is 0 Å². The molecule has 21 heavy (non-hydrogen) atoms. The molecular formula is C15H14BrClN2O2. The Hall–Kier alpha value is -1.72. The van der Waals surface area contributed by atoms with Crippen LogP contribution in [0, 0.1) is 6.92 Å². The summed E-state index contributed by atoms with van der Waals surface area (Å²) in [6.07, 6.45) is 0. The van der Waals surface area contributed by atoms with E-state index in [2.05, 4.69) is 21.2 Å². The van der Waals surface area contributed by atoms with Gasteiger partial charge in [-0.25, -0.2) is 0 Å². The number of nitrogens with one attached hydrogen (secondary N) is 1. The summed E-state index contributed by atoms with van der Waals surface area (Å²) in [5.74, 6) is 0.328. The van der Waals surface area contributed by atoms with Crippen molar-refractivity contribution in [2.24, 2.45) is 0 Å². The molecule has 0 saturated carbocycles. The standard InChI is InChI=1S/C15H14BrClN2O2/c1-9-2-3-10(17)6-14(9)21-8-15(20)19-13-5-4-11(18)7-12(13)16/h2-7H,8,18H2,1H3,(H,19,20). The minimum absolute atomic E-state index is 0.0992.